The Labute approximate surface area is 150 Å². The maximum atomic E-state index is 12.4. The maximum Gasteiger partial charge on any atom is 0.241 e. The first-order valence-electron chi connectivity index (χ1n) is 9.37. The smallest absolute Gasteiger partial charge is 0.241 e. The van der Waals surface area contributed by atoms with Gasteiger partial charge in [-0.25, -0.2) is 4.98 Å². The van der Waals surface area contributed by atoms with Crippen molar-refractivity contribution >= 4 is 11.8 Å². The van der Waals surface area contributed by atoms with Crippen LogP contribution in [-0.2, 0) is 16.0 Å². The molecule has 2 heterocycles. The van der Waals surface area contributed by atoms with Crippen molar-refractivity contribution in [1.82, 2.24) is 25.1 Å². The third-order valence-electron chi connectivity index (χ3n) is 4.62. The molecule has 1 saturated heterocycles. The molecular weight excluding hydrogens is 318 g/mol. The number of hydrogen-bond acceptors (Lipinski definition) is 4. The number of aromatic nitrogens is 2. The number of rotatable bonds is 11. The van der Waals surface area contributed by atoms with Gasteiger partial charge in [-0.15, -0.1) is 0 Å². The molecule has 1 aromatic rings. The number of imidazole rings is 1. The highest BCUT2D eigenvalue weighted by atomic mass is 16.2. The lowest BCUT2D eigenvalue weighted by molar-refractivity contribution is -0.132. The van der Waals surface area contributed by atoms with E-state index >= 15 is 0 Å². The summed E-state index contributed by atoms with van der Waals surface area (Å²) in [7, 11) is 0. The second kappa shape index (κ2) is 10.9. The van der Waals surface area contributed by atoms with Gasteiger partial charge in [-0.2, -0.15) is 0 Å². The van der Waals surface area contributed by atoms with Crippen molar-refractivity contribution in [2.45, 2.75) is 45.4 Å². The van der Waals surface area contributed by atoms with Crippen LogP contribution in [0.5, 0.6) is 0 Å². The number of carbonyl (C=O) groups is 2. The van der Waals surface area contributed by atoms with Gasteiger partial charge < -0.3 is 20.1 Å². The average Bonchev–Trinajstić information content (AvgIpc) is 3.28. The highest BCUT2D eigenvalue weighted by Gasteiger charge is 2.15. The van der Waals surface area contributed by atoms with Gasteiger partial charge >= 0.3 is 0 Å². The topological polar surface area (TPSA) is 81.3 Å². The third kappa shape index (κ3) is 7.69. The Morgan fingerprint density at radius 1 is 1.24 bits per heavy atom. The van der Waals surface area contributed by atoms with Crippen LogP contribution in [0.25, 0.3) is 0 Å². The van der Waals surface area contributed by atoms with Crippen LogP contribution in [0.4, 0.5) is 0 Å². The fourth-order valence-electron chi connectivity index (χ4n) is 3.20. The van der Waals surface area contributed by atoms with E-state index in [2.05, 4.69) is 20.2 Å². The van der Waals surface area contributed by atoms with Gasteiger partial charge in [0, 0.05) is 31.9 Å². The molecule has 0 aliphatic carbocycles. The second-order valence-corrected chi connectivity index (χ2v) is 6.73. The Morgan fingerprint density at radius 2 is 2.00 bits per heavy atom. The minimum Gasteiger partial charge on any atom is -0.348 e. The van der Waals surface area contributed by atoms with Crippen LogP contribution in [0.15, 0.2) is 12.5 Å². The lowest BCUT2D eigenvalue weighted by atomic mass is 10.2. The monoisotopic (exact) mass is 349 g/mol. The molecule has 0 bridgehead atoms. The molecule has 0 spiro atoms. The van der Waals surface area contributed by atoms with E-state index in [1.807, 2.05) is 11.1 Å². The summed E-state index contributed by atoms with van der Waals surface area (Å²) in [6, 6.07) is 0. The molecular formula is C18H31N5O2. The number of hydrogen-bond donors (Lipinski definition) is 2. The second-order valence-electron chi connectivity index (χ2n) is 6.73. The molecule has 25 heavy (non-hydrogen) atoms. The lowest BCUT2D eigenvalue weighted by Gasteiger charge is -2.23. The summed E-state index contributed by atoms with van der Waals surface area (Å²) in [5.41, 5.74) is 1.09. The number of nitrogens with one attached hydrogen (secondary N) is 2. The standard InChI is InChI=1S/C18H31N5O2/c1-16(24)20-14-18(25)23(12-6-7-17-13-19-15-21-17)11-5-4-10-22-8-2-3-9-22/h13,15H,2-12,14H2,1H3,(H,19,21)(H,20,24). The Bertz CT molecular complexity index is 512. The molecule has 1 fully saturated rings. The van der Waals surface area contributed by atoms with E-state index < -0.39 is 0 Å². The minimum absolute atomic E-state index is 0.000910. The quantitative estimate of drug-likeness (QED) is 0.588. The lowest BCUT2D eigenvalue weighted by Crippen LogP contribution is -2.40. The first-order chi connectivity index (χ1) is 12.1. The Balaban J connectivity index is 1.71. The number of carbonyl (C=O) groups excluding carboxylic acids is 2. The van der Waals surface area contributed by atoms with Crippen molar-refractivity contribution in [3.8, 4) is 0 Å². The van der Waals surface area contributed by atoms with Crippen LogP contribution in [0.1, 0.15) is 44.7 Å². The maximum absolute atomic E-state index is 12.4. The van der Waals surface area contributed by atoms with Crippen molar-refractivity contribution in [3.05, 3.63) is 18.2 Å². The van der Waals surface area contributed by atoms with Gasteiger partial charge in [0.15, 0.2) is 0 Å². The summed E-state index contributed by atoms with van der Waals surface area (Å²) < 4.78 is 0. The number of likely N-dealkylation sites (tertiary alicyclic amines) is 1. The van der Waals surface area contributed by atoms with Gasteiger partial charge in [-0.3, -0.25) is 9.59 Å². The number of nitrogens with zero attached hydrogens (tertiary/aromatic N) is 3. The average molecular weight is 349 g/mol. The number of unbranched alkanes of at least 4 members (excludes halogenated alkanes) is 1. The molecule has 2 N–H and O–H groups in total. The van der Waals surface area contributed by atoms with Gasteiger partial charge in [-0.05, 0) is 58.2 Å². The molecule has 0 aromatic carbocycles. The molecule has 2 rings (SSSR count). The van der Waals surface area contributed by atoms with Crippen molar-refractivity contribution < 1.29 is 9.59 Å². The highest BCUT2D eigenvalue weighted by molar-refractivity contribution is 5.83. The van der Waals surface area contributed by atoms with Crippen LogP contribution >= 0.6 is 0 Å². The van der Waals surface area contributed by atoms with Crippen molar-refractivity contribution in [2.24, 2.45) is 0 Å². The first kappa shape index (κ1) is 19.4. The zero-order valence-corrected chi connectivity index (χ0v) is 15.3. The Kier molecular flexibility index (Phi) is 8.45. The zero-order chi connectivity index (χ0) is 17.9. The van der Waals surface area contributed by atoms with Crippen molar-refractivity contribution in [2.75, 3.05) is 39.3 Å². The van der Waals surface area contributed by atoms with Crippen LogP contribution in [0.2, 0.25) is 0 Å². The molecule has 7 nitrogen and oxygen atoms in total. The molecule has 1 aliphatic rings. The molecule has 0 atom stereocenters. The summed E-state index contributed by atoms with van der Waals surface area (Å²) in [6.45, 7) is 6.56. The third-order valence-corrected chi connectivity index (χ3v) is 4.62. The van der Waals surface area contributed by atoms with Gasteiger partial charge in [-0.1, -0.05) is 0 Å². The van der Waals surface area contributed by atoms with Crippen LogP contribution in [0.3, 0.4) is 0 Å². The number of amides is 2. The van der Waals surface area contributed by atoms with Gasteiger partial charge in [0.25, 0.3) is 0 Å². The number of H-pyrrole nitrogens is 1. The fourth-order valence-corrected chi connectivity index (χ4v) is 3.20. The first-order valence-corrected chi connectivity index (χ1v) is 9.37. The summed E-state index contributed by atoms with van der Waals surface area (Å²) in [6.07, 6.45) is 10.0. The summed E-state index contributed by atoms with van der Waals surface area (Å²) in [4.78, 5) is 34.9. The molecule has 0 unspecified atom stereocenters. The normalized spacial score (nSPS) is 14.6. The van der Waals surface area contributed by atoms with Crippen LogP contribution < -0.4 is 5.32 Å². The summed E-state index contributed by atoms with van der Waals surface area (Å²) in [5, 5.41) is 2.61. The highest BCUT2D eigenvalue weighted by Crippen LogP contribution is 2.09. The number of aryl methyl sites for hydroxylation is 1. The largest absolute Gasteiger partial charge is 0.348 e. The van der Waals surface area contributed by atoms with Crippen molar-refractivity contribution in [3.63, 3.8) is 0 Å². The molecule has 2 amide bonds. The molecule has 1 aliphatic heterocycles. The van der Waals surface area contributed by atoms with E-state index in [-0.39, 0.29) is 18.4 Å². The zero-order valence-electron chi connectivity index (χ0n) is 15.3. The van der Waals surface area contributed by atoms with Crippen molar-refractivity contribution in [1.29, 1.82) is 0 Å². The Morgan fingerprint density at radius 3 is 2.68 bits per heavy atom. The molecule has 7 heteroatoms. The summed E-state index contributed by atoms with van der Waals surface area (Å²) >= 11 is 0. The molecule has 140 valence electrons. The van der Waals surface area contributed by atoms with Crippen LogP contribution in [-0.4, -0.2) is 70.9 Å². The Hall–Kier alpha value is -1.89. The van der Waals surface area contributed by atoms with Gasteiger partial charge in [0.2, 0.25) is 11.8 Å². The van der Waals surface area contributed by atoms with Gasteiger partial charge in [0.1, 0.15) is 0 Å². The van der Waals surface area contributed by atoms with E-state index in [0.717, 1.165) is 44.5 Å². The summed E-state index contributed by atoms with van der Waals surface area (Å²) in [5.74, 6) is -0.166. The minimum atomic E-state index is -0.167. The van der Waals surface area contributed by atoms with E-state index in [4.69, 9.17) is 0 Å². The fraction of sp³-hybridized carbons (Fsp3) is 0.722. The van der Waals surface area contributed by atoms with Crippen LogP contribution in [0, 0.1) is 0 Å². The van der Waals surface area contributed by atoms with E-state index in [1.54, 1.807) is 6.33 Å². The predicted octanol–water partition coefficient (Wildman–Crippen LogP) is 1.18. The van der Waals surface area contributed by atoms with E-state index in [0.29, 0.717) is 6.54 Å². The SMILES string of the molecule is CC(=O)NCC(=O)N(CCCCN1CCCC1)CCCc1cnc[nH]1. The number of aromatic amines is 1. The molecule has 1 aromatic heterocycles. The predicted molar refractivity (Wildman–Crippen MR) is 97.1 cm³/mol. The van der Waals surface area contributed by atoms with E-state index in [9.17, 15) is 9.59 Å². The molecule has 0 radical (unpaired) electrons. The van der Waals surface area contributed by atoms with Gasteiger partial charge in [0.05, 0.1) is 12.9 Å². The molecule has 0 saturated carbocycles. The van der Waals surface area contributed by atoms with E-state index in [1.165, 1.54) is 32.9 Å².